The maximum atomic E-state index is 12.9. The molecule has 0 radical (unpaired) electrons. The molecule has 0 saturated heterocycles. The van der Waals surface area contributed by atoms with Gasteiger partial charge in [-0.3, -0.25) is 4.79 Å². The molecule has 0 aliphatic heterocycles. The number of aromatic nitrogens is 2. The van der Waals surface area contributed by atoms with Crippen molar-refractivity contribution in [2.45, 2.75) is 6.92 Å². The summed E-state index contributed by atoms with van der Waals surface area (Å²) in [6.07, 6.45) is 0. The maximum absolute atomic E-state index is 12.9. The van der Waals surface area contributed by atoms with Gasteiger partial charge in [0.1, 0.15) is 18.1 Å². The maximum Gasteiger partial charge on any atom is 0.357 e. The Kier molecular flexibility index (Phi) is 4.47. The summed E-state index contributed by atoms with van der Waals surface area (Å²) in [5.74, 6) is 0.920. The molecule has 0 unspecified atom stereocenters. The smallest absolute Gasteiger partial charge is 0.357 e. The molecule has 7 heteroatoms. The summed E-state index contributed by atoms with van der Waals surface area (Å²) in [5.41, 5.74) is 0.456. The largest absolute Gasteiger partial charge is 0.618 e. The van der Waals surface area contributed by atoms with Gasteiger partial charge in [-0.1, -0.05) is 12.1 Å². The molecule has 0 atom stereocenters. The van der Waals surface area contributed by atoms with E-state index in [4.69, 9.17) is 14.3 Å². The topological polar surface area (TPSA) is 76.6 Å². The number of fused-ring (bicyclic) bond motifs is 1. The van der Waals surface area contributed by atoms with Crippen LogP contribution in [0.4, 0.5) is 0 Å². The van der Waals surface area contributed by atoms with Crippen molar-refractivity contribution in [2.24, 2.45) is 0 Å². The van der Waals surface area contributed by atoms with Crippen molar-refractivity contribution in [2.75, 3.05) is 20.8 Å². The number of benzene rings is 2. The lowest BCUT2D eigenvalue weighted by molar-refractivity contribution is -0.566. The zero-order valence-electron chi connectivity index (χ0n) is 14.2. The Labute approximate surface area is 144 Å². The Morgan fingerprint density at radius 3 is 2.56 bits per heavy atom. The highest BCUT2D eigenvalue weighted by atomic mass is 16.7. The summed E-state index contributed by atoms with van der Waals surface area (Å²) in [4.78, 5) is 18.4. The summed E-state index contributed by atoms with van der Waals surface area (Å²) in [7, 11) is 3.00. The average molecular weight is 342 g/mol. The summed E-state index contributed by atoms with van der Waals surface area (Å²) in [5, 5.41) is 12.9. The first kappa shape index (κ1) is 16.6. The molecule has 130 valence electrons. The van der Waals surface area contributed by atoms with Gasteiger partial charge in [-0.25, -0.2) is 0 Å². The Hall–Kier alpha value is -3.22. The van der Waals surface area contributed by atoms with Gasteiger partial charge in [-0.15, -0.1) is 4.73 Å². The zero-order chi connectivity index (χ0) is 18.0. The van der Waals surface area contributed by atoms with Crippen molar-refractivity contribution in [3.05, 3.63) is 58.0 Å². The standard InChI is InChI=1S/C18H18N2O5/c1-4-25-20-15-8-6-5-7-14(15)19(22)17(18(20)21)13-10-9-12(23-2)11-16(13)24-3/h5-11H,4H2,1-3H3. The van der Waals surface area contributed by atoms with E-state index in [9.17, 15) is 10.0 Å². The molecule has 0 fully saturated rings. The lowest BCUT2D eigenvalue weighted by Crippen LogP contribution is -2.43. The Bertz CT molecular complexity index is 981. The summed E-state index contributed by atoms with van der Waals surface area (Å²) in [6.45, 7) is 2.05. The minimum Gasteiger partial charge on any atom is -0.618 e. The van der Waals surface area contributed by atoms with E-state index in [0.717, 1.165) is 4.73 Å². The fraction of sp³-hybridized carbons (Fsp3) is 0.222. The van der Waals surface area contributed by atoms with E-state index in [2.05, 4.69) is 0 Å². The van der Waals surface area contributed by atoms with Crippen molar-refractivity contribution >= 4 is 11.0 Å². The lowest BCUT2D eigenvalue weighted by atomic mass is 10.1. The van der Waals surface area contributed by atoms with E-state index >= 15 is 0 Å². The average Bonchev–Trinajstić information content (AvgIpc) is 2.65. The SMILES string of the molecule is CCOn1c(=O)c(-c2ccc(OC)cc2OC)[n+]([O-])c2ccccc21. The molecule has 0 N–H and O–H groups in total. The van der Waals surface area contributed by atoms with Crippen molar-refractivity contribution in [1.82, 2.24) is 4.73 Å². The van der Waals surface area contributed by atoms with E-state index in [0.29, 0.717) is 32.8 Å². The predicted molar refractivity (Wildman–Crippen MR) is 92.8 cm³/mol. The molecule has 0 aliphatic carbocycles. The van der Waals surface area contributed by atoms with Gasteiger partial charge in [0, 0.05) is 12.1 Å². The molecule has 3 rings (SSSR count). The van der Waals surface area contributed by atoms with Crippen LogP contribution in [0.5, 0.6) is 11.5 Å². The van der Waals surface area contributed by atoms with E-state index < -0.39 is 5.56 Å². The molecule has 1 heterocycles. The van der Waals surface area contributed by atoms with Gasteiger partial charge in [-0.2, -0.15) is 4.73 Å². The van der Waals surface area contributed by atoms with Gasteiger partial charge in [-0.05, 0) is 25.1 Å². The van der Waals surface area contributed by atoms with Crippen molar-refractivity contribution < 1.29 is 19.0 Å². The molecule has 0 spiro atoms. The van der Waals surface area contributed by atoms with Crippen molar-refractivity contribution in [3.63, 3.8) is 0 Å². The fourth-order valence-corrected chi connectivity index (χ4v) is 2.70. The van der Waals surface area contributed by atoms with Crippen LogP contribution < -0.4 is 24.6 Å². The Morgan fingerprint density at radius 2 is 1.88 bits per heavy atom. The van der Waals surface area contributed by atoms with E-state index in [-0.39, 0.29) is 12.3 Å². The van der Waals surface area contributed by atoms with Gasteiger partial charge < -0.3 is 19.5 Å². The third-order valence-corrected chi connectivity index (χ3v) is 3.83. The summed E-state index contributed by atoms with van der Waals surface area (Å²) >= 11 is 0. The monoisotopic (exact) mass is 342 g/mol. The Morgan fingerprint density at radius 1 is 1.12 bits per heavy atom. The van der Waals surface area contributed by atoms with E-state index in [1.54, 1.807) is 49.4 Å². The minimum atomic E-state index is -0.556. The van der Waals surface area contributed by atoms with Gasteiger partial charge in [0.25, 0.3) is 5.69 Å². The number of hydrogen-bond acceptors (Lipinski definition) is 5. The molecule has 0 bridgehead atoms. The number of rotatable bonds is 5. The first-order chi connectivity index (χ1) is 12.1. The van der Waals surface area contributed by atoms with Crippen molar-refractivity contribution in [3.8, 4) is 22.8 Å². The fourth-order valence-electron chi connectivity index (χ4n) is 2.70. The van der Waals surface area contributed by atoms with Crippen molar-refractivity contribution in [1.29, 1.82) is 0 Å². The highest BCUT2D eigenvalue weighted by molar-refractivity contribution is 5.74. The van der Waals surface area contributed by atoms with E-state index in [1.807, 2.05) is 0 Å². The lowest BCUT2D eigenvalue weighted by Gasteiger charge is -2.15. The molecular formula is C18H18N2O5. The number of hydrogen-bond donors (Lipinski definition) is 0. The second kappa shape index (κ2) is 6.72. The quantitative estimate of drug-likeness (QED) is 0.522. The first-order valence-corrected chi connectivity index (χ1v) is 7.75. The third-order valence-electron chi connectivity index (χ3n) is 3.83. The molecule has 25 heavy (non-hydrogen) atoms. The number of para-hydroxylation sites is 2. The predicted octanol–water partition coefficient (Wildman–Crippen LogP) is 1.77. The van der Waals surface area contributed by atoms with Crippen LogP contribution in [0.25, 0.3) is 22.3 Å². The molecule has 1 aromatic heterocycles. The van der Waals surface area contributed by atoms with Crippen LogP contribution in [0.3, 0.4) is 0 Å². The molecule has 0 aliphatic rings. The number of nitrogens with zero attached hydrogens (tertiary/aromatic N) is 2. The normalized spacial score (nSPS) is 10.7. The van der Waals surface area contributed by atoms with Gasteiger partial charge in [0.05, 0.1) is 19.8 Å². The second-order valence-electron chi connectivity index (χ2n) is 5.22. The second-order valence-corrected chi connectivity index (χ2v) is 5.22. The minimum absolute atomic E-state index is 0.0772. The molecule has 7 nitrogen and oxygen atoms in total. The summed E-state index contributed by atoms with van der Waals surface area (Å²) < 4.78 is 12.3. The highest BCUT2D eigenvalue weighted by Crippen LogP contribution is 2.30. The van der Waals surface area contributed by atoms with Crippen LogP contribution in [0.15, 0.2) is 47.3 Å². The molecule has 3 aromatic rings. The molecule has 2 aromatic carbocycles. The molecule has 0 saturated carbocycles. The van der Waals surface area contributed by atoms with Crippen LogP contribution in [0, 0.1) is 5.21 Å². The zero-order valence-corrected chi connectivity index (χ0v) is 14.2. The van der Waals surface area contributed by atoms with Crippen LogP contribution in [-0.2, 0) is 0 Å². The van der Waals surface area contributed by atoms with Gasteiger partial charge >= 0.3 is 5.56 Å². The number of methoxy groups -OCH3 is 2. The van der Waals surface area contributed by atoms with Crippen LogP contribution >= 0.6 is 0 Å². The van der Waals surface area contributed by atoms with Gasteiger partial charge in [0.2, 0.25) is 5.52 Å². The molecular weight excluding hydrogens is 324 g/mol. The number of ether oxygens (including phenoxy) is 2. The first-order valence-electron chi connectivity index (χ1n) is 7.75. The van der Waals surface area contributed by atoms with E-state index in [1.165, 1.54) is 14.2 Å². The third kappa shape index (κ3) is 2.73. The van der Waals surface area contributed by atoms with Crippen LogP contribution in [-0.4, -0.2) is 25.6 Å². The van der Waals surface area contributed by atoms with Crippen LogP contribution in [0.2, 0.25) is 0 Å². The van der Waals surface area contributed by atoms with Gasteiger partial charge in [0.15, 0.2) is 5.52 Å². The highest BCUT2D eigenvalue weighted by Gasteiger charge is 2.26. The van der Waals surface area contributed by atoms with Crippen LogP contribution in [0.1, 0.15) is 6.92 Å². The molecule has 0 amide bonds. The summed E-state index contributed by atoms with van der Waals surface area (Å²) in [6, 6.07) is 11.7. The Balaban J connectivity index is 2.39.